The third-order valence-corrected chi connectivity index (χ3v) is 2.77. The minimum Gasteiger partial charge on any atom is -0.467 e. The van der Waals surface area contributed by atoms with Gasteiger partial charge in [-0.1, -0.05) is 6.07 Å². The van der Waals surface area contributed by atoms with Crippen molar-refractivity contribution in [1.29, 1.82) is 10.5 Å². The molecule has 0 saturated heterocycles. The van der Waals surface area contributed by atoms with Crippen LogP contribution in [0.25, 0.3) is 0 Å². The third kappa shape index (κ3) is 3.62. The van der Waals surface area contributed by atoms with Crippen LogP contribution >= 0.6 is 0 Å². The van der Waals surface area contributed by atoms with Crippen LogP contribution in [0, 0.1) is 22.7 Å². The molecule has 0 atom stereocenters. The molecule has 0 aliphatic carbocycles. The Bertz CT molecular complexity index is 676. The normalized spacial score (nSPS) is 9.43. The van der Waals surface area contributed by atoms with Gasteiger partial charge in [-0.2, -0.15) is 10.5 Å². The van der Waals surface area contributed by atoms with Gasteiger partial charge in [0.1, 0.15) is 17.9 Å². The molecule has 1 amide bonds. The lowest BCUT2D eigenvalue weighted by Crippen LogP contribution is -2.29. The summed E-state index contributed by atoms with van der Waals surface area (Å²) >= 11 is 0. The van der Waals surface area contributed by atoms with E-state index in [9.17, 15) is 4.79 Å². The van der Waals surface area contributed by atoms with Gasteiger partial charge in [0.05, 0.1) is 36.2 Å². The van der Waals surface area contributed by atoms with E-state index in [2.05, 4.69) is 10.6 Å². The molecule has 2 N–H and O–H groups in total. The Labute approximate surface area is 121 Å². The van der Waals surface area contributed by atoms with Gasteiger partial charge in [-0.05, 0) is 24.3 Å². The highest BCUT2D eigenvalue weighted by atomic mass is 16.3. The predicted octanol–water partition coefficient (Wildman–Crippen LogP) is 1.75. The van der Waals surface area contributed by atoms with Crippen LogP contribution in [0.2, 0.25) is 0 Å². The topological polar surface area (TPSA) is 102 Å². The Morgan fingerprint density at radius 2 is 1.86 bits per heavy atom. The monoisotopic (exact) mass is 280 g/mol. The van der Waals surface area contributed by atoms with Crippen molar-refractivity contribution in [3.8, 4) is 12.1 Å². The van der Waals surface area contributed by atoms with Crippen molar-refractivity contribution in [3.05, 3.63) is 53.5 Å². The van der Waals surface area contributed by atoms with E-state index in [1.165, 1.54) is 6.26 Å². The number of anilines is 1. The van der Waals surface area contributed by atoms with Crippen molar-refractivity contribution < 1.29 is 9.21 Å². The van der Waals surface area contributed by atoms with Crippen molar-refractivity contribution in [2.45, 2.75) is 6.54 Å². The summed E-state index contributed by atoms with van der Waals surface area (Å²) < 4.78 is 5.10. The average Bonchev–Trinajstić information content (AvgIpc) is 3.03. The number of carbonyl (C=O) groups is 1. The summed E-state index contributed by atoms with van der Waals surface area (Å²) in [5.74, 6) is 0.390. The minimum absolute atomic E-state index is 0.0336. The lowest BCUT2D eigenvalue weighted by Gasteiger charge is -2.09. The van der Waals surface area contributed by atoms with Crippen molar-refractivity contribution in [3.63, 3.8) is 0 Å². The lowest BCUT2D eigenvalue weighted by atomic mass is 10.1. The summed E-state index contributed by atoms with van der Waals surface area (Å²) in [4.78, 5) is 11.7. The van der Waals surface area contributed by atoms with Gasteiger partial charge < -0.3 is 15.1 Å². The first-order valence-corrected chi connectivity index (χ1v) is 6.20. The molecular weight excluding hydrogens is 268 g/mol. The maximum atomic E-state index is 11.7. The van der Waals surface area contributed by atoms with E-state index in [1.807, 2.05) is 12.1 Å². The van der Waals surface area contributed by atoms with Crippen molar-refractivity contribution in [1.82, 2.24) is 5.32 Å². The van der Waals surface area contributed by atoms with Crippen LogP contribution in [0.3, 0.4) is 0 Å². The summed E-state index contributed by atoms with van der Waals surface area (Å²) in [5, 5.41) is 23.5. The molecule has 0 bridgehead atoms. The lowest BCUT2D eigenvalue weighted by molar-refractivity contribution is -0.119. The number of hydrogen-bond acceptors (Lipinski definition) is 5. The molecular formula is C15H12N4O2. The summed E-state index contributed by atoms with van der Waals surface area (Å²) in [6.07, 6.45) is 1.53. The third-order valence-electron chi connectivity index (χ3n) is 2.77. The summed E-state index contributed by atoms with van der Waals surface area (Å²) in [6, 6.07) is 12.3. The molecule has 6 nitrogen and oxygen atoms in total. The molecule has 0 aliphatic rings. The smallest absolute Gasteiger partial charge is 0.239 e. The largest absolute Gasteiger partial charge is 0.467 e. The number of hydrogen-bond donors (Lipinski definition) is 2. The van der Waals surface area contributed by atoms with Gasteiger partial charge in [-0.25, -0.2) is 0 Å². The molecule has 21 heavy (non-hydrogen) atoms. The van der Waals surface area contributed by atoms with E-state index in [1.54, 1.807) is 30.3 Å². The van der Waals surface area contributed by atoms with E-state index in [0.717, 1.165) is 0 Å². The van der Waals surface area contributed by atoms with Crippen LogP contribution in [0.15, 0.2) is 41.0 Å². The van der Waals surface area contributed by atoms with Crippen LogP contribution in [0.5, 0.6) is 0 Å². The van der Waals surface area contributed by atoms with E-state index >= 15 is 0 Å². The van der Waals surface area contributed by atoms with E-state index in [0.29, 0.717) is 29.1 Å². The molecule has 6 heteroatoms. The fourth-order valence-electron chi connectivity index (χ4n) is 1.76. The van der Waals surface area contributed by atoms with Gasteiger partial charge in [0, 0.05) is 0 Å². The fraction of sp³-hybridized carbons (Fsp3) is 0.133. The Morgan fingerprint density at radius 3 is 2.43 bits per heavy atom. The zero-order valence-corrected chi connectivity index (χ0v) is 11.1. The van der Waals surface area contributed by atoms with Gasteiger partial charge >= 0.3 is 0 Å². The number of benzene rings is 1. The van der Waals surface area contributed by atoms with E-state index in [-0.39, 0.29) is 12.5 Å². The van der Waals surface area contributed by atoms with Crippen LogP contribution < -0.4 is 10.6 Å². The Balaban J connectivity index is 1.95. The molecule has 1 aromatic carbocycles. The standard InChI is InChI=1S/C15H12N4O2/c16-7-11-3-1-4-12(8-17)15(11)19-10-14(20)18-9-13-5-2-6-21-13/h1-6,19H,9-10H2,(H,18,20). The van der Waals surface area contributed by atoms with Crippen LogP contribution in [-0.4, -0.2) is 12.5 Å². The molecule has 0 fully saturated rings. The van der Waals surface area contributed by atoms with Crippen molar-refractivity contribution in [2.75, 3.05) is 11.9 Å². The van der Waals surface area contributed by atoms with E-state index < -0.39 is 0 Å². The van der Waals surface area contributed by atoms with Gasteiger partial charge in [-0.15, -0.1) is 0 Å². The molecule has 104 valence electrons. The number of nitriles is 2. The van der Waals surface area contributed by atoms with E-state index in [4.69, 9.17) is 14.9 Å². The van der Waals surface area contributed by atoms with Crippen molar-refractivity contribution in [2.24, 2.45) is 0 Å². The van der Waals surface area contributed by atoms with Gasteiger partial charge in [0.2, 0.25) is 5.91 Å². The molecule has 0 radical (unpaired) electrons. The number of rotatable bonds is 5. The number of para-hydroxylation sites is 1. The highest BCUT2D eigenvalue weighted by Gasteiger charge is 2.09. The first kappa shape index (κ1) is 14.2. The summed E-state index contributed by atoms with van der Waals surface area (Å²) in [6.45, 7) is 0.257. The second-order valence-electron chi connectivity index (χ2n) is 4.16. The summed E-state index contributed by atoms with van der Waals surface area (Å²) in [5.41, 5.74) is 1.02. The molecule has 0 spiro atoms. The Hall–Kier alpha value is -3.25. The maximum absolute atomic E-state index is 11.7. The van der Waals surface area contributed by atoms with Crippen LogP contribution in [0.1, 0.15) is 16.9 Å². The van der Waals surface area contributed by atoms with Gasteiger partial charge in [0.15, 0.2) is 0 Å². The first-order chi connectivity index (χ1) is 10.2. The predicted molar refractivity (Wildman–Crippen MR) is 74.9 cm³/mol. The molecule has 0 unspecified atom stereocenters. The Morgan fingerprint density at radius 1 is 1.14 bits per heavy atom. The zero-order chi connectivity index (χ0) is 15.1. The molecule has 1 aromatic heterocycles. The van der Waals surface area contributed by atoms with Crippen molar-refractivity contribution >= 4 is 11.6 Å². The molecule has 2 rings (SSSR count). The quantitative estimate of drug-likeness (QED) is 0.868. The zero-order valence-electron chi connectivity index (χ0n) is 11.1. The molecule has 0 saturated carbocycles. The number of carbonyl (C=O) groups excluding carboxylic acids is 1. The first-order valence-electron chi connectivity index (χ1n) is 6.20. The Kier molecular flexibility index (Phi) is 4.58. The molecule has 0 aliphatic heterocycles. The van der Waals surface area contributed by atoms with Crippen LogP contribution in [-0.2, 0) is 11.3 Å². The highest BCUT2D eigenvalue weighted by Crippen LogP contribution is 2.19. The van der Waals surface area contributed by atoms with Gasteiger partial charge in [0.25, 0.3) is 0 Å². The van der Waals surface area contributed by atoms with Gasteiger partial charge in [-0.3, -0.25) is 4.79 Å². The fourth-order valence-corrected chi connectivity index (χ4v) is 1.76. The number of nitrogens with zero attached hydrogens (tertiary/aromatic N) is 2. The minimum atomic E-state index is -0.261. The highest BCUT2D eigenvalue weighted by molar-refractivity contribution is 5.82. The number of furan rings is 1. The second kappa shape index (κ2) is 6.78. The van der Waals surface area contributed by atoms with Crippen LogP contribution in [0.4, 0.5) is 5.69 Å². The SMILES string of the molecule is N#Cc1cccc(C#N)c1NCC(=O)NCc1ccco1. The number of amides is 1. The number of nitrogens with one attached hydrogen (secondary N) is 2. The second-order valence-corrected chi connectivity index (χ2v) is 4.16. The molecule has 2 aromatic rings. The maximum Gasteiger partial charge on any atom is 0.239 e. The summed E-state index contributed by atoms with van der Waals surface area (Å²) in [7, 11) is 0. The molecule has 1 heterocycles. The average molecular weight is 280 g/mol.